The van der Waals surface area contributed by atoms with E-state index in [9.17, 15) is 9.59 Å². The molecule has 2 aliphatic rings. The summed E-state index contributed by atoms with van der Waals surface area (Å²) in [5, 5.41) is 8.74. The van der Waals surface area contributed by atoms with Crippen molar-refractivity contribution in [1.82, 2.24) is 9.80 Å². The van der Waals surface area contributed by atoms with Crippen molar-refractivity contribution in [3.05, 3.63) is 35.0 Å². The molecule has 0 aliphatic carbocycles. The summed E-state index contributed by atoms with van der Waals surface area (Å²) in [4.78, 5) is 26.2. The molecule has 1 fully saturated rings. The van der Waals surface area contributed by atoms with Crippen molar-refractivity contribution >= 4 is 40.2 Å². The van der Waals surface area contributed by atoms with Gasteiger partial charge in [-0.25, -0.2) is 0 Å². The first-order valence-corrected chi connectivity index (χ1v) is 6.30. The van der Waals surface area contributed by atoms with Crippen LogP contribution < -0.4 is 0 Å². The summed E-state index contributed by atoms with van der Waals surface area (Å²) in [6.45, 7) is -0.398. The topological polar surface area (TPSA) is 60.9 Å². The minimum absolute atomic E-state index is 0.279. The lowest BCUT2D eigenvalue weighted by Gasteiger charge is -2.19. The molecule has 7 heteroatoms. The summed E-state index contributed by atoms with van der Waals surface area (Å²) in [5.41, 5.74) is 0.725. The number of allylic oxidation sites excluding steroid dienone is 3. The minimum Gasteiger partial charge on any atom is -0.480 e. The van der Waals surface area contributed by atoms with Crippen LogP contribution in [0.5, 0.6) is 0 Å². The van der Waals surface area contributed by atoms with E-state index in [1.807, 2.05) is 25.4 Å². The average Bonchev–Trinajstić information content (AvgIpc) is 2.57. The van der Waals surface area contributed by atoms with Crippen LogP contribution in [-0.2, 0) is 9.59 Å². The number of hydrogen-bond donors (Lipinski definition) is 1. The van der Waals surface area contributed by atoms with Gasteiger partial charge in [0.15, 0.2) is 0 Å². The van der Waals surface area contributed by atoms with E-state index in [1.54, 1.807) is 11.0 Å². The van der Waals surface area contributed by atoms with Gasteiger partial charge in [0.1, 0.15) is 15.8 Å². The first-order chi connectivity index (χ1) is 8.50. The maximum atomic E-state index is 12.1. The normalized spacial score (nSPS) is 23.2. The Morgan fingerprint density at radius 2 is 2.22 bits per heavy atom. The molecule has 0 bridgehead atoms. The SMILES string of the molecule is CN1C=CC=C/C1=C1/SC(=S)N(CC(=O)O)C1=O. The summed E-state index contributed by atoms with van der Waals surface area (Å²) in [7, 11) is 1.82. The second kappa shape index (κ2) is 4.95. The van der Waals surface area contributed by atoms with Crippen LogP contribution in [0.2, 0.25) is 0 Å². The summed E-state index contributed by atoms with van der Waals surface area (Å²) in [6.07, 6.45) is 7.28. The number of carbonyl (C=O) groups is 2. The van der Waals surface area contributed by atoms with Gasteiger partial charge >= 0.3 is 5.97 Å². The molecule has 1 N–H and O–H groups in total. The molecule has 0 spiro atoms. The first kappa shape index (κ1) is 12.8. The van der Waals surface area contributed by atoms with Crippen LogP contribution >= 0.6 is 24.0 Å². The van der Waals surface area contributed by atoms with Crippen LogP contribution in [0.25, 0.3) is 0 Å². The lowest BCUT2D eigenvalue weighted by molar-refractivity contribution is -0.140. The Kier molecular flexibility index (Phi) is 3.53. The van der Waals surface area contributed by atoms with E-state index in [0.29, 0.717) is 4.91 Å². The Bertz CT molecular complexity index is 522. The third kappa shape index (κ3) is 2.32. The molecule has 0 aromatic carbocycles. The van der Waals surface area contributed by atoms with E-state index >= 15 is 0 Å². The summed E-state index contributed by atoms with van der Waals surface area (Å²) >= 11 is 6.16. The number of nitrogens with zero attached hydrogens (tertiary/aromatic N) is 2. The van der Waals surface area contributed by atoms with E-state index in [4.69, 9.17) is 17.3 Å². The molecule has 0 saturated carbocycles. The Morgan fingerprint density at radius 3 is 2.83 bits per heavy atom. The largest absolute Gasteiger partial charge is 0.480 e. The number of thiocarbonyl (C=S) groups is 1. The molecule has 2 aliphatic heterocycles. The van der Waals surface area contributed by atoms with E-state index in [2.05, 4.69) is 0 Å². The highest BCUT2D eigenvalue weighted by atomic mass is 32.2. The number of amides is 1. The molecule has 1 saturated heterocycles. The van der Waals surface area contributed by atoms with Crippen molar-refractivity contribution in [3.63, 3.8) is 0 Å². The van der Waals surface area contributed by atoms with Gasteiger partial charge in [-0.15, -0.1) is 0 Å². The van der Waals surface area contributed by atoms with Crippen LogP contribution in [-0.4, -0.2) is 44.7 Å². The van der Waals surface area contributed by atoms with Gasteiger partial charge < -0.3 is 10.0 Å². The van der Waals surface area contributed by atoms with Crippen molar-refractivity contribution in [3.8, 4) is 0 Å². The van der Waals surface area contributed by atoms with Crippen molar-refractivity contribution in [2.24, 2.45) is 0 Å². The third-order valence-corrected chi connectivity index (χ3v) is 3.88. The molecule has 5 nitrogen and oxygen atoms in total. The van der Waals surface area contributed by atoms with Crippen LogP contribution in [0.3, 0.4) is 0 Å². The smallest absolute Gasteiger partial charge is 0.323 e. The van der Waals surface area contributed by atoms with Gasteiger partial charge in [-0.05, 0) is 12.2 Å². The third-order valence-electron chi connectivity index (χ3n) is 2.43. The first-order valence-electron chi connectivity index (χ1n) is 5.08. The highest BCUT2D eigenvalue weighted by Gasteiger charge is 2.35. The highest BCUT2D eigenvalue weighted by Crippen LogP contribution is 2.35. The quantitative estimate of drug-likeness (QED) is 0.606. The predicted molar refractivity (Wildman–Crippen MR) is 72.6 cm³/mol. The fourth-order valence-corrected chi connectivity index (χ4v) is 2.93. The summed E-state index contributed by atoms with van der Waals surface area (Å²) < 4.78 is 0.279. The van der Waals surface area contributed by atoms with Gasteiger partial charge in [-0.2, -0.15) is 0 Å². The van der Waals surface area contributed by atoms with Crippen LogP contribution in [0.1, 0.15) is 0 Å². The summed E-state index contributed by atoms with van der Waals surface area (Å²) in [5.74, 6) is -1.43. The monoisotopic (exact) mass is 282 g/mol. The van der Waals surface area contributed by atoms with Gasteiger partial charge in [-0.1, -0.05) is 30.1 Å². The minimum atomic E-state index is -1.08. The maximum absolute atomic E-state index is 12.1. The molecule has 0 radical (unpaired) electrons. The zero-order chi connectivity index (χ0) is 13.3. The second-order valence-corrected chi connectivity index (χ2v) is 5.32. The van der Waals surface area contributed by atoms with Crippen molar-refractivity contribution < 1.29 is 14.7 Å². The second-order valence-electron chi connectivity index (χ2n) is 3.68. The Balaban J connectivity index is 2.33. The molecule has 18 heavy (non-hydrogen) atoms. The molecule has 0 aromatic heterocycles. The van der Waals surface area contributed by atoms with E-state index in [-0.39, 0.29) is 10.2 Å². The van der Waals surface area contributed by atoms with Crippen molar-refractivity contribution in [1.29, 1.82) is 0 Å². The van der Waals surface area contributed by atoms with Crippen LogP contribution in [0.4, 0.5) is 0 Å². The number of carbonyl (C=O) groups excluding carboxylic acids is 1. The Hall–Kier alpha value is -1.60. The highest BCUT2D eigenvalue weighted by molar-refractivity contribution is 8.26. The predicted octanol–water partition coefficient (Wildman–Crippen LogP) is 1.16. The number of likely N-dealkylation sites (N-methyl/N-ethyl adjacent to an activating group) is 1. The zero-order valence-electron chi connectivity index (χ0n) is 9.49. The molecule has 0 atom stereocenters. The molecule has 2 heterocycles. The van der Waals surface area contributed by atoms with Gasteiger partial charge in [0.25, 0.3) is 5.91 Å². The Labute approximate surface area is 113 Å². The molecule has 1 amide bonds. The van der Waals surface area contributed by atoms with Crippen LogP contribution in [0.15, 0.2) is 35.0 Å². The fourth-order valence-electron chi connectivity index (χ4n) is 1.58. The van der Waals surface area contributed by atoms with Crippen molar-refractivity contribution in [2.75, 3.05) is 13.6 Å². The number of carboxylic acids is 1. The summed E-state index contributed by atoms with van der Waals surface area (Å²) in [6, 6.07) is 0. The van der Waals surface area contributed by atoms with Gasteiger partial charge in [-0.3, -0.25) is 14.5 Å². The van der Waals surface area contributed by atoms with E-state index < -0.39 is 12.5 Å². The van der Waals surface area contributed by atoms with Gasteiger partial charge in [0.2, 0.25) is 0 Å². The molecular weight excluding hydrogens is 272 g/mol. The molecule has 0 aromatic rings. The maximum Gasteiger partial charge on any atom is 0.323 e. The van der Waals surface area contributed by atoms with E-state index in [1.165, 1.54) is 0 Å². The van der Waals surface area contributed by atoms with Gasteiger partial charge in [0, 0.05) is 13.2 Å². The lowest BCUT2D eigenvalue weighted by atomic mass is 10.2. The molecule has 2 rings (SSSR count). The van der Waals surface area contributed by atoms with Crippen LogP contribution in [0, 0.1) is 0 Å². The number of aliphatic carboxylic acids is 1. The van der Waals surface area contributed by atoms with Gasteiger partial charge in [0.05, 0.1) is 5.70 Å². The molecular formula is C11H10N2O3S2. The fraction of sp³-hybridized carbons (Fsp3) is 0.182. The van der Waals surface area contributed by atoms with Crippen molar-refractivity contribution in [2.45, 2.75) is 0 Å². The number of hydrogen-bond acceptors (Lipinski definition) is 5. The zero-order valence-corrected chi connectivity index (χ0v) is 11.1. The molecule has 0 unspecified atom stereocenters. The standard InChI is InChI=1S/C11H10N2O3S2/c1-12-5-3-2-4-7(12)9-10(16)13(6-8(14)15)11(17)18-9/h2-5H,6H2,1H3,(H,14,15)/b9-7-. The molecule has 94 valence electrons. The number of thioether (sulfide) groups is 1. The lowest BCUT2D eigenvalue weighted by Crippen LogP contribution is -2.33. The number of rotatable bonds is 2. The Morgan fingerprint density at radius 1 is 1.50 bits per heavy atom. The number of carboxylic acid groups (broad SMARTS) is 1. The average molecular weight is 282 g/mol. The van der Waals surface area contributed by atoms with E-state index in [0.717, 1.165) is 22.4 Å².